The van der Waals surface area contributed by atoms with E-state index in [0.29, 0.717) is 6.54 Å². The average molecular weight is 340 g/mol. The Morgan fingerprint density at radius 3 is 2.76 bits per heavy atom. The molecule has 1 atom stereocenters. The summed E-state index contributed by atoms with van der Waals surface area (Å²) in [4.78, 5) is 26.5. The predicted octanol–water partition coefficient (Wildman–Crippen LogP) is 2.25. The van der Waals surface area contributed by atoms with Crippen molar-refractivity contribution in [3.05, 3.63) is 51.9 Å². The van der Waals surface area contributed by atoms with Gasteiger partial charge >= 0.3 is 0 Å². The highest BCUT2D eigenvalue weighted by Gasteiger charge is 2.26. The highest BCUT2D eigenvalue weighted by Crippen LogP contribution is 2.23. The van der Waals surface area contributed by atoms with Gasteiger partial charge in [0, 0.05) is 31.9 Å². The summed E-state index contributed by atoms with van der Waals surface area (Å²) in [5.41, 5.74) is 3.85. The summed E-state index contributed by atoms with van der Waals surface area (Å²) in [6, 6.07) is 7.53. The summed E-state index contributed by atoms with van der Waals surface area (Å²) >= 11 is 0. The Morgan fingerprint density at radius 2 is 2.04 bits per heavy atom. The minimum Gasteiger partial charge on any atom is -0.369 e. The molecule has 25 heavy (non-hydrogen) atoms. The molecule has 132 valence electrons. The number of carbonyl (C=O) groups is 1. The molecule has 2 aromatic rings. The first-order chi connectivity index (χ1) is 11.9. The van der Waals surface area contributed by atoms with Gasteiger partial charge in [0.1, 0.15) is 0 Å². The van der Waals surface area contributed by atoms with Crippen LogP contribution < -0.4 is 15.8 Å². The van der Waals surface area contributed by atoms with Gasteiger partial charge in [-0.2, -0.15) is 5.10 Å². The molecule has 1 aliphatic heterocycles. The van der Waals surface area contributed by atoms with E-state index in [1.165, 1.54) is 10.2 Å². The number of carbonyl (C=O) groups excluding carboxylic acids is 1. The fourth-order valence-corrected chi connectivity index (χ4v) is 3.12. The lowest BCUT2D eigenvalue weighted by Crippen LogP contribution is -2.41. The SMILES string of the molecule is Cc1ccc(NC(=O)C2CCCN(c3cnn(C)c(=O)c3)C2)cc1C. The molecule has 0 aliphatic carbocycles. The van der Waals surface area contributed by atoms with Crippen LogP contribution in [0.1, 0.15) is 24.0 Å². The Kier molecular flexibility index (Phi) is 4.88. The Morgan fingerprint density at radius 1 is 1.24 bits per heavy atom. The highest BCUT2D eigenvalue weighted by atomic mass is 16.2. The maximum absolute atomic E-state index is 12.6. The van der Waals surface area contributed by atoms with E-state index in [2.05, 4.69) is 22.2 Å². The molecule has 1 saturated heterocycles. The summed E-state index contributed by atoms with van der Waals surface area (Å²) in [6.07, 6.45) is 3.46. The van der Waals surface area contributed by atoms with Gasteiger partial charge in [-0.3, -0.25) is 9.59 Å². The molecule has 2 heterocycles. The van der Waals surface area contributed by atoms with Crippen molar-refractivity contribution in [3.63, 3.8) is 0 Å². The van der Waals surface area contributed by atoms with Crippen LogP contribution in [0.2, 0.25) is 0 Å². The third-order valence-corrected chi connectivity index (χ3v) is 4.89. The molecule has 1 amide bonds. The number of amides is 1. The van der Waals surface area contributed by atoms with Gasteiger partial charge in [0.05, 0.1) is 17.8 Å². The van der Waals surface area contributed by atoms with Crippen LogP contribution in [0.15, 0.2) is 35.3 Å². The minimum atomic E-state index is -0.140. The molecule has 1 unspecified atom stereocenters. The van der Waals surface area contributed by atoms with Crippen LogP contribution in [-0.2, 0) is 11.8 Å². The van der Waals surface area contributed by atoms with Crippen LogP contribution in [0.3, 0.4) is 0 Å². The molecular weight excluding hydrogens is 316 g/mol. The van der Waals surface area contributed by atoms with E-state index < -0.39 is 0 Å². The van der Waals surface area contributed by atoms with Crippen molar-refractivity contribution in [1.82, 2.24) is 9.78 Å². The van der Waals surface area contributed by atoms with Crippen molar-refractivity contribution in [2.75, 3.05) is 23.3 Å². The largest absolute Gasteiger partial charge is 0.369 e. The zero-order valence-electron chi connectivity index (χ0n) is 15.0. The summed E-state index contributed by atoms with van der Waals surface area (Å²) in [6.45, 7) is 5.53. The van der Waals surface area contributed by atoms with Crippen molar-refractivity contribution in [2.45, 2.75) is 26.7 Å². The van der Waals surface area contributed by atoms with Crippen LogP contribution in [0, 0.1) is 19.8 Å². The standard InChI is InChI=1S/C19H24N4O2/c1-13-6-7-16(9-14(13)2)21-19(25)15-5-4-8-23(12-15)17-10-18(24)22(3)20-11-17/h6-7,9-11,15H,4-5,8,12H2,1-3H3,(H,21,25). The maximum atomic E-state index is 12.6. The van der Waals surface area contributed by atoms with Gasteiger partial charge < -0.3 is 10.2 Å². The van der Waals surface area contributed by atoms with Crippen molar-refractivity contribution < 1.29 is 4.79 Å². The number of hydrogen-bond donors (Lipinski definition) is 1. The second-order valence-corrected chi connectivity index (χ2v) is 6.75. The number of nitrogens with zero attached hydrogens (tertiary/aromatic N) is 3. The van der Waals surface area contributed by atoms with Gasteiger partial charge in [-0.1, -0.05) is 6.07 Å². The number of aromatic nitrogens is 2. The smallest absolute Gasteiger partial charge is 0.268 e. The molecule has 1 aromatic heterocycles. The molecular formula is C19H24N4O2. The van der Waals surface area contributed by atoms with E-state index >= 15 is 0 Å². The molecule has 1 aliphatic rings. The van der Waals surface area contributed by atoms with Crippen LogP contribution in [0.25, 0.3) is 0 Å². The van der Waals surface area contributed by atoms with E-state index in [1.54, 1.807) is 19.3 Å². The van der Waals surface area contributed by atoms with Crippen LogP contribution >= 0.6 is 0 Å². The predicted molar refractivity (Wildman–Crippen MR) is 99.0 cm³/mol. The zero-order valence-corrected chi connectivity index (χ0v) is 15.0. The monoisotopic (exact) mass is 340 g/mol. The van der Waals surface area contributed by atoms with Gasteiger partial charge in [0.25, 0.3) is 5.56 Å². The Labute approximate surface area is 147 Å². The van der Waals surface area contributed by atoms with Gasteiger partial charge in [-0.15, -0.1) is 0 Å². The Hall–Kier alpha value is -2.63. The first kappa shape index (κ1) is 17.2. The molecule has 0 spiro atoms. The molecule has 1 fully saturated rings. The van der Waals surface area contributed by atoms with Gasteiger partial charge in [0.15, 0.2) is 0 Å². The third kappa shape index (κ3) is 3.90. The minimum absolute atomic E-state index is 0.0322. The average Bonchev–Trinajstić information content (AvgIpc) is 2.60. The lowest BCUT2D eigenvalue weighted by Gasteiger charge is -2.33. The number of rotatable bonds is 3. The fraction of sp³-hybridized carbons (Fsp3) is 0.421. The molecule has 1 N–H and O–H groups in total. The first-order valence-electron chi connectivity index (χ1n) is 8.60. The van der Waals surface area contributed by atoms with Crippen LogP contribution in [0.5, 0.6) is 0 Å². The van der Waals surface area contributed by atoms with Crippen molar-refractivity contribution >= 4 is 17.3 Å². The lowest BCUT2D eigenvalue weighted by atomic mass is 9.96. The first-order valence-corrected chi connectivity index (χ1v) is 8.60. The van der Waals surface area contributed by atoms with E-state index in [-0.39, 0.29) is 17.4 Å². The number of aryl methyl sites for hydroxylation is 3. The molecule has 6 nitrogen and oxygen atoms in total. The van der Waals surface area contributed by atoms with Crippen molar-refractivity contribution in [3.8, 4) is 0 Å². The second kappa shape index (κ2) is 7.09. The Balaban J connectivity index is 1.69. The number of nitrogens with one attached hydrogen (secondary N) is 1. The molecule has 0 saturated carbocycles. The van der Waals surface area contributed by atoms with E-state index in [1.807, 2.05) is 25.1 Å². The summed E-state index contributed by atoms with van der Waals surface area (Å²) in [5, 5.41) is 7.10. The van der Waals surface area contributed by atoms with Gasteiger partial charge in [0.2, 0.25) is 5.91 Å². The van der Waals surface area contributed by atoms with Crippen molar-refractivity contribution in [1.29, 1.82) is 0 Å². The van der Waals surface area contributed by atoms with Gasteiger partial charge in [-0.25, -0.2) is 4.68 Å². The van der Waals surface area contributed by atoms with E-state index in [4.69, 9.17) is 0 Å². The Bertz CT molecular complexity index is 844. The summed E-state index contributed by atoms with van der Waals surface area (Å²) in [7, 11) is 1.63. The molecule has 3 rings (SSSR count). The number of hydrogen-bond acceptors (Lipinski definition) is 4. The quantitative estimate of drug-likeness (QED) is 0.931. The maximum Gasteiger partial charge on any atom is 0.268 e. The van der Waals surface area contributed by atoms with E-state index in [0.717, 1.165) is 36.3 Å². The second-order valence-electron chi connectivity index (χ2n) is 6.75. The van der Waals surface area contributed by atoms with Crippen molar-refractivity contribution in [2.24, 2.45) is 13.0 Å². The van der Waals surface area contributed by atoms with Gasteiger partial charge in [-0.05, 0) is 49.9 Å². The number of benzene rings is 1. The number of anilines is 2. The third-order valence-electron chi connectivity index (χ3n) is 4.89. The topological polar surface area (TPSA) is 67.2 Å². The molecule has 1 aromatic carbocycles. The fourth-order valence-electron chi connectivity index (χ4n) is 3.12. The van der Waals surface area contributed by atoms with Crippen LogP contribution in [-0.4, -0.2) is 28.8 Å². The molecule has 6 heteroatoms. The van der Waals surface area contributed by atoms with Crippen LogP contribution in [0.4, 0.5) is 11.4 Å². The summed E-state index contributed by atoms with van der Waals surface area (Å²) in [5.74, 6) is -0.0656. The lowest BCUT2D eigenvalue weighted by molar-refractivity contribution is -0.120. The van der Waals surface area contributed by atoms with E-state index in [9.17, 15) is 9.59 Å². The molecule has 0 radical (unpaired) electrons. The normalized spacial score (nSPS) is 17.4. The number of piperidine rings is 1. The molecule has 0 bridgehead atoms. The zero-order chi connectivity index (χ0) is 18.0. The highest BCUT2D eigenvalue weighted by molar-refractivity contribution is 5.93. The summed E-state index contributed by atoms with van der Waals surface area (Å²) < 4.78 is 1.30.